The summed E-state index contributed by atoms with van der Waals surface area (Å²) >= 11 is 3.14. The quantitative estimate of drug-likeness (QED) is 0.122. The Kier molecular flexibility index (Phi) is 9.90. The first kappa shape index (κ1) is 35.0. The zero-order valence-corrected chi connectivity index (χ0v) is 30.8. The largest absolute Gasteiger partial charge is 0.497 e. The molecule has 0 spiro atoms. The Morgan fingerprint density at radius 3 is 0.885 bits per heavy atom. The highest BCUT2D eigenvalue weighted by molar-refractivity contribution is 7.08. The lowest BCUT2D eigenvalue weighted by Crippen LogP contribution is -2.32. The first-order chi connectivity index (χ1) is 25.3. The van der Waals surface area contributed by atoms with Crippen molar-refractivity contribution in [1.82, 2.24) is 0 Å². The lowest BCUT2D eigenvalue weighted by Gasteiger charge is -2.36. The summed E-state index contributed by atoms with van der Waals surface area (Å²) in [4.78, 5) is 0. The van der Waals surface area contributed by atoms with Gasteiger partial charge in [0.1, 0.15) is 34.2 Å². The molecule has 7 aromatic rings. The fourth-order valence-corrected chi connectivity index (χ4v) is 8.11. The van der Waals surface area contributed by atoms with Crippen molar-refractivity contribution in [3.8, 4) is 45.3 Å². The van der Waals surface area contributed by atoms with Gasteiger partial charge in [-0.25, -0.2) is 0 Å². The maximum absolute atomic E-state index is 13.4. The van der Waals surface area contributed by atoms with Gasteiger partial charge in [-0.3, -0.25) is 0 Å². The Bertz CT molecular complexity index is 1970. The number of thiophene rings is 2. The summed E-state index contributed by atoms with van der Waals surface area (Å²) < 4.78 is 22.0. The molecule has 6 nitrogen and oxygen atoms in total. The van der Waals surface area contributed by atoms with Crippen molar-refractivity contribution in [3.63, 3.8) is 0 Å². The van der Waals surface area contributed by atoms with E-state index in [1.807, 2.05) is 132 Å². The van der Waals surface area contributed by atoms with E-state index in [-0.39, 0.29) is 0 Å². The smallest absolute Gasteiger partial charge is 0.141 e. The second kappa shape index (κ2) is 14.7. The van der Waals surface area contributed by atoms with Crippen LogP contribution in [0, 0.1) is 0 Å². The van der Waals surface area contributed by atoms with Crippen LogP contribution in [0.25, 0.3) is 22.3 Å². The molecule has 262 valence electrons. The summed E-state index contributed by atoms with van der Waals surface area (Å²) in [6.45, 7) is 0. The van der Waals surface area contributed by atoms with Crippen molar-refractivity contribution >= 4 is 22.7 Å². The molecule has 2 N–H and O–H groups in total. The Balaban J connectivity index is 1.60. The van der Waals surface area contributed by atoms with Gasteiger partial charge in [0.2, 0.25) is 0 Å². The van der Waals surface area contributed by atoms with Gasteiger partial charge in [-0.15, -0.1) is 0 Å². The van der Waals surface area contributed by atoms with E-state index in [1.54, 1.807) is 51.1 Å². The van der Waals surface area contributed by atoms with Gasteiger partial charge in [-0.1, -0.05) is 48.5 Å². The van der Waals surface area contributed by atoms with E-state index in [2.05, 4.69) is 10.8 Å². The van der Waals surface area contributed by atoms with Crippen LogP contribution >= 0.6 is 22.7 Å². The van der Waals surface area contributed by atoms with Crippen molar-refractivity contribution in [3.05, 3.63) is 176 Å². The molecule has 0 saturated heterocycles. The van der Waals surface area contributed by atoms with Crippen LogP contribution in [0.5, 0.6) is 23.0 Å². The van der Waals surface area contributed by atoms with E-state index in [9.17, 15) is 10.2 Å². The summed E-state index contributed by atoms with van der Waals surface area (Å²) in [5.74, 6) is 2.71. The highest BCUT2D eigenvalue weighted by Gasteiger charge is 2.41. The van der Waals surface area contributed by atoms with Crippen LogP contribution < -0.4 is 18.9 Å². The summed E-state index contributed by atoms with van der Waals surface area (Å²) in [5.41, 5.74) is 3.98. The standard InChI is InChI=1S/C44H38O6S2/c1-47-35-13-5-31(6-14-35)43(45,32-7-15-36(48-2)16-8-32)41-25-40(30-22-24-52-28-30)42(26-39(41)29-21-23-51-27-29)44(46,33-9-17-37(49-3)18-10-33)34-11-19-38(50-4)20-12-34/h5-28,45-46H,1-4H3. The number of benzene rings is 5. The number of hydrogen-bond donors (Lipinski definition) is 2. The van der Waals surface area contributed by atoms with Crippen molar-refractivity contribution in [1.29, 1.82) is 0 Å². The van der Waals surface area contributed by atoms with E-state index in [0.717, 1.165) is 22.3 Å². The summed E-state index contributed by atoms with van der Waals surface area (Å²) in [5, 5.41) is 35.0. The lowest BCUT2D eigenvalue weighted by atomic mass is 9.72. The van der Waals surface area contributed by atoms with Crippen LogP contribution in [0.2, 0.25) is 0 Å². The summed E-state index contributed by atoms with van der Waals surface area (Å²) in [7, 11) is 6.49. The minimum absolute atomic E-state index is 0.651. The van der Waals surface area contributed by atoms with E-state index < -0.39 is 11.2 Å². The Labute approximate surface area is 311 Å². The molecule has 7 rings (SSSR count). The maximum Gasteiger partial charge on any atom is 0.141 e. The van der Waals surface area contributed by atoms with Crippen LogP contribution in [-0.2, 0) is 11.2 Å². The van der Waals surface area contributed by atoms with Crippen molar-refractivity contribution in [2.75, 3.05) is 28.4 Å². The fraction of sp³-hybridized carbons (Fsp3) is 0.136. The van der Waals surface area contributed by atoms with Gasteiger partial charge in [0.15, 0.2) is 0 Å². The third-order valence-electron chi connectivity index (χ3n) is 9.63. The van der Waals surface area contributed by atoms with Gasteiger partial charge < -0.3 is 29.2 Å². The average molecular weight is 727 g/mol. The van der Waals surface area contributed by atoms with Crippen molar-refractivity contribution in [2.24, 2.45) is 0 Å². The molecule has 2 heterocycles. The lowest BCUT2D eigenvalue weighted by molar-refractivity contribution is 0.122. The Morgan fingerprint density at radius 2 is 0.673 bits per heavy atom. The zero-order chi connectivity index (χ0) is 36.3. The molecule has 52 heavy (non-hydrogen) atoms. The first-order valence-corrected chi connectivity index (χ1v) is 18.5. The number of aliphatic hydroxyl groups is 2. The molecule has 0 aliphatic heterocycles. The number of ether oxygens (including phenoxy) is 4. The topological polar surface area (TPSA) is 77.4 Å². The van der Waals surface area contributed by atoms with Crippen molar-refractivity contribution < 1.29 is 29.2 Å². The van der Waals surface area contributed by atoms with E-state index >= 15 is 0 Å². The van der Waals surface area contributed by atoms with Crippen LogP contribution in [0.3, 0.4) is 0 Å². The maximum atomic E-state index is 13.4. The summed E-state index contributed by atoms with van der Waals surface area (Å²) in [6.07, 6.45) is 0. The second-order valence-corrected chi connectivity index (χ2v) is 13.9. The molecule has 2 aromatic heterocycles. The molecule has 0 aliphatic carbocycles. The molecule has 8 heteroatoms. The zero-order valence-electron chi connectivity index (χ0n) is 29.2. The first-order valence-electron chi connectivity index (χ1n) is 16.6. The molecule has 0 unspecified atom stereocenters. The van der Waals surface area contributed by atoms with Gasteiger partial charge in [0.05, 0.1) is 28.4 Å². The molecule has 0 saturated carbocycles. The van der Waals surface area contributed by atoms with E-state index in [0.29, 0.717) is 56.4 Å². The van der Waals surface area contributed by atoms with E-state index in [4.69, 9.17) is 18.9 Å². The third kappa shape index (κ3) is 6.24. The number of hydrogen-bond acceptors (Lipinski definition) is 8. The monoisotopic (exact) mass is 726 g/mol. The SMILES string of the molecule is COc1ccc(C(O)(c2ccc(OC)cc2)c2cc(-c3ccsc3)c(C(O)(c3ccc(OC)cc3)c3ccc(OC)cc3)cc2-c2ccsc2)cc1. The molecule has 0 radical (unpaired) electrons. The Hall–Kier alpha value is -5.38. The molecular weight excluding hydrogens is 689 g/mol. The predicted octanol–water partition coefficient (Wildman–Crippen LogP) is 9.75. The van der Waals surface area contributed by atoms with Gasteiger partial charge in [0, 0.05) is 11.1 Å². The molecule has 0 aliphatic rings. The summed E-state index contributed by atoms with van der Waals surface area (Å²) in [6, 6.07) is 38.1. The number of rotatable bonds is 12. The minimum Gasteiger partial charge on any atom is -0.497 e. The normalized spacial score (nSPS) is 11.7. The van der Waals surface area contributed by atoms with Crippen LogP contribution in [0.1, 0.15) is 33.4 Å². The molecular formula is C44H38O6S2. The third-order valence-corrected chi connectivity index (χ3v) is 11.0. The van der Waals surface area contributed by atoms with Gasteiger partial charge in [-0.2, -0.15) is 22.7 Å². The highest BCUT2D eigenvalue weighted by atomic mass is 32.1. The molecule has 5 aromatic carbocycles. The fourth-order valence-electron chi connectivity index (χ4n) is 6.80. The minimum atomic E-state index is -1.64. The molecule has 0 atom stereocenters. The molecule has 0 amide bonds. The highest BCUT2D eigenvalue weighted by Crippen LogP contribution is 2.50. The van der Waals surface area contributed by atoms with Gasteiger partial charge in [-0.05, 0) is 139 Å². The average Bonchev–Trinajstić information content (AvgIpc) is 3.96. The van der Waals surface area contributed by atoms with Crippen LogP contribution in [0.4, 0.5) is 0 Å². The molecule has 0 fully saturated rings. The Morgan fingerprint density at radius 1 is 0.404 bits per heavy atom. The van der Waals surface area contributed by atoms with E-state index in [1.165, 1.54) is 0 Å². The van der Waals surface area contributed by atoms with Crippen LogP contribution in [-0.4, -0.2) is 38.7 Å². The number of methoxy groups -OCH3 is 4. The predicted molar refractivity (Wildman–Crippen MR) is 209 cm³/mol. The second-order valence-electron chi connectivity index (χ2n) is 12.3. The molecule has 0 bridgehead atoms. The van der Waals surface area contributed by atoms with Gasteiger partial charge >= 0.3 is 0 Å². The van der Waals surface area contributed by atoms with Crippen molar-refractivity contribution in [2.45, 2.75) is 11.2 Å². The van der Waals surface area contributed by atoms with Gasteiger partial charge in [0.25, 0.3) is 0 Å². The van der Waals surface area contributed by atoms with Crippen LogP contribution in [0.15, 0.2) is 143 Å².